The summed E-state index contributed by atoms with van der Waals surface area (Å²) in [5, 5.41) is 8.79. The summed E-state index contributed by atoms with van der Waals surface area (Å²) in [6.07, 6.45) is 1.84. The maximum Gasteiger partial charge on any atom is 0.320 e. The summed E-state index contributed by atoms with van der Waals surface area (Å²) in [4.78, 5) is 12.7. The Morgan fingerprint density at radius 1 is 1.64 bits per heavy atom. The van der Waals surface area contributed by atoms with E-state index in [1.54, 1.807) is 0 Å². The molecule has 1 fully saturated rings. The molecule has 64 valence electrons. The van der Waals surface area contributed by atoms with Crippen LogP contribution in [0, 0.1) is 0 Å². The van der Waals surface area contributed by atoms with Crippen LogP contribution in [-0.2, 0) is 4.79 Å². The van der Waals surface area contributed by atoms with Gasteiger partial charge in [-0.15, -0.1) is 0 Å². The van der Waals surface area contributed by atoms with Crippen LogP contribution in [0.5, 0.6) is 0 Å². The number of nitrogens with zero attached hydrogens (tertiary/aromatic N) is 1. The number of aliphatic carboxylic acids is 1. The second-order valence-corrected chi connectivity index (χ2v) is 3.33. The largest absolute Gasteiger partial charge is 0.480 e. The highest BCUT2D eigenvalue weighted by atomic mass is 16.4. The molecule has 0 aromatic carbocycles. The van der Waals surface area contributed by atoms with Crippen LogP contribution in [0.2, 0.25) is 0 Å². The fraction of sp³-hybridized carbons (Fsp3) is 0.875. The third-order valence-electron chi connectivity index (χ3n) is 2.24. The molecule has 0 bridgehead atoms. The molecule has 1 rings (SSSR count). The zero-order chi connectivity index (χ0) is 8.43. The summed E-state index contributed by atoms with van der Waals surface area (Å²) in [5.74, 6) is -0.670. The van der Waals surface area contributed by atoms with E-state index < -0.39 is 5.97 Å². The van der Waals surface area contributed by atoms with Gasteiger partial charge in [0.25, 0.3) is 0 Å². The standard InChI is InChI=1S/C8H15NO2/c1-6(2)9-5-3-4-7(9)8(10)11/h6-7H,3-5H2,1-2H3,(H,10,11)/t7-/m1/s1. The van der Waals surface area contributed by atoms with E-state index in [4.69, 9.17) is 5.11 Å². The van der Waals surface area contributed by atoms with Crippen molar-refractivity contribution in [2.75, 3.05) is 6.54 Å². The number of rotatable bonds is 2. The molecule has 0 aromatic heterocycles. The second kappa shape index (κ2) is 3.22. The van der Waals surface area contributed by atoms with Gasteiger partial charge in [0, 0.05) is 6.04 Å². The van der Waals surface area contributed by atoms with Crippen LogP contribution in [0.1, 0.15) is 26.7 Å². The van der Waals surface area contributed by atoms with Crippen molar-refractivity contribution in [3.05, 3.63) is 0 Å². The molecule has 1 heterocycles. The lowest BCUT2D eigenvalue weighted by molar-refractivity contribution is -0.142. The van der Waals surface area contributed by atoms with Crippen LogP contribution in [0.3, 0.4) is 0 Å². The predicted molar refractivity (Wildman–Crippen MR) is 42.5 cm³/mol. The first-order chi connectivity index (χ1) is 5.13. The van der Waals surface area contributed by atoms with Gasteiger partial charge in [0.2, 0.25) is 0 Å². The minimum absolute atomic E-state index is 0.227. The van der Waals surface area contributed by atoms with E-state index in [0.717, 1.165) is 19.4 Å². The van der Waals surface area contributed by atoms with Crippen molar-refractivity contribution in [1.82, 2.24) is 4.90 Å². The number of carboxylic acid groups (broad SMARTS) is 1. The van der Waals surface area contributed by atoms with E-state index in [9.17, 15) is 4.79 Å². The van der Waals surface area contributed by atoms with Crippen molar-refractivity contribution in [2.45, 2.75) is 38.8 Å². The van der Waals surface area contributed by atoms with Gasteiger partial charge in [-0.05, 0) is 33.2 Å². The monoisotopic (exact) mass is 157 g/mol. The van der Waals surface area contributed by atoms with Crippen molar-refractivity contribution in [3.8, 4) is 0 Å². The van der Waals surface area contributed by atoms with Crippen LogP contribution < -0.4 is 0 Å². The van der Waals surface area contributed by atoms with Gasteiger partial charge in [-0.3, -0.25) is 9.69 Å². The van der Waals surface area contributed by atoms with Gasteiger partial charge in [0.15, 0.2) is 0 Å². The van der Waals surface area contributed by atoms with Crippen LogP contribution in [-0.4, -0.2) is 34.6 Å². The number of carbonyl (C=O) groups is 1. The molecule has 1 aliphatic heterocycles. The van der Waals surface area contributed by atoms with Gasteiger partial charge in [-0.25, -0.2) is 0 Å². The van der Waals surface area contributed by atoms with Gasteiger partial charge < -0.3 is 5.11 Å². The molecule has 3 nitrogen and oxygen atoms in total. The highest BCUT2D eigenvalue weighted by Crippen LogP contribution is 2.19. The molecule has 0 aromatic rings. The van der Waals surface area contributed by atoms with Crippen LogP contribution in [0.25, 0.3) is 0 Å². The maximum atomic E-state index is 10.7. The summed E-state index contributed by atoms with van der Waals surface area (Å²) >= 11 is 0. The molecule has 0 saturated carbocycles. The molecule has 1 N–H and O–H groups in total. The van der Waals surface area contributed by atoms with Crippen molar-refractivity contribution in [3.63, 3.8) is 0 Å². The fourth-order valence-electron chi connectivity index (χ4n) is 1.67. The second-order valence-electron chi connectivity index (χ2n) is 3.33. The Kier molecular flexibility index (Phi) is 2.49. The fourth-order valence-corrected chi connectivity index (χ4v) is 1.67. The normalized spacial score (nSPS) is 26.3. The molecule has 3 heteroatoms. The first kappa shape index (κ1) is 8.53. The smallest absolute Gasteiger partial charge is 0.320 e. The van der Waals surface area contributed by atoms with Crippen molar-refractivity contribution in [1.29, 1.82) is 0 Å². The van der Waals surface area contributed by atoms with Gasteiger partial charge in [-0.2, -0.15) is 0 Å². The number of carboxylic acids is 1. The number of hydrogen-bond donors (Lipinski definition) is 1. The Bertz CT molecular complexity index is 156. The molecule has 1 saturated heterocycles. The molecule has 0 aliphatic carbocycles. The van der Waals surface area contributed by atoms with Gasteiger partial charge in [-0.1, -0.05) is 0 Å². The van der Waals surface area contributed by atoms with Crippen LogP contribution in [0.15, 0.2) is 0 Å². The summed E-state index contributed by atoms with van der Waals surface area (Å²) in [6.45, 7) is 5.02. The lowest BCUT2D eigenvalue weighted by Crippen LogP contribution is -2.40. The van der Waals surface area contributed by atoms with E-state index >= 15 is 0 Å². The number of likely N-dealkylation sites (tertiary alicyclic amines) is 1. The zero-order valence-electron chi connectivity index (χ0n) is 7.08. The summed E-state index contributed by atoms with van der Waals surface area (Å²) < 4.78 is 0. The molecule has 1 aliphatic rings. The molecular formula is C8H15NO2. The molecule has 11 heavy (non-hydrogen) atoms. The first-order valence-corrected chi connectivity index (χ1v) is 4.11. The summed E-state index contributed by atoms with van der Waals surface area (Å²) in [6, 6.07) is 0.133. The van der Waals surface area contributed by atoms with Gasteiger partial charge in [0.1, 0.15) is 6.04 Å². The third kappa shape index (κ3) is 1.71. The van der Waals surface area contributed by atoms with E-state index in [2.05, 4.69) is 0 Å². The van der Waals surface area contributed by atoms with E-state index in [0.29, 0.717) is 6.04 Å². The van der Waals surface area contributed by atoms with E-state index in [1.807, 2.05) is 18.7 Å². The van der Waals surface area contributed by atoms with Crippen molar-refractivity contribution < 1.29 is 9.90 Å². The predicted octanol–water partition coefficient (Wildman–Crippen LogP) is 0.944. The van der Waals surface area contributed by atoms with Gasteiger partial charge >= 0.3 is 5.97 Å². The summed E-state index contributed by atoms with van der Waals surface area (Å²) in [5.41, 5.74) is 0. The van der Waals surface area contributed by atoms with Gasteiger partial charge in [0.05, 0.1) is 0 Å². The molecule has 0 amide bonds. The van der Waals surface area contributed by atoms with E-state index in [-0.39, 0.29) is 6.04 Å². The Morgan fingerprint density at radius 3 is 2.64 bits per heavy atom. The highest BCUT2D eigenvalue weighted by molar-refractivity contribution is 5.73. The molecular weight excluding hydrogens is 142 g/mol. The van der Waals surface area contributed by atoms with Crippen LogP contribution >= 0.6 is 0 Å². The third-order valence-corrected chi connectivity index (χ3v) is 2.24. The first-order valence-electron chi connectivity index (χ1n) is 4.11. The average Bonchev–Trinajstić information content (AvgIpc) is 2.32. The highest BCUT2D eigenvalue weighted by Gasteiger charge is 2.31. The average molecular weight is 157 g/mol. The SMILES string of the molecule is CC(C)N1CCC[C@@H]1C(=O)O. The lowest BCUT2D eigenvalue weighted by Gasteiger charge is -2.24. The summed E-state index contributed by atoms with van der Waals surface area (Å²) in [7, 11) is 0. The Morgan fingerprint density at radius 2 is 2.27 bits per heavy atom. The zero-order valence-corrected chi connectivity index (χ0v) is 7.08. The quantitative estimate of drug-likeness (QED) is 0.648. The minimum Gasteiger partial charge on any atom is -0.480 e. The van der Waals surface area contributed by atoms with Crippen molar-refractivity contribution >= 4 is 5.97 Å². The maximum absolute atomic E-state index is 10.7. The Labute approximate surface area is 67.0 Å². The molecule has 0 radical (unpaired) electrons. The molecule has 1 atom stereocenters. The van der Waals surface area contributed by atoms with Crippen molar-refractivity contribution in [2.24, 2.45) is 0 Å². The number of hydrogen-bond acceptors (Lipinski definition) is 2. The Balaban J connectivity index is 2.58. The molecule has 0 spiro atoms. The minimum atomic E-state index is -0.670. The lowest BCUT2D eigenvalue weighted by atomic mass is 10.2. The topological polar surface area (TPSA) is 40.5 Å². The molecule has 0 unspecified atom stereocenters. The van der Waals surface area contributed by atoms with Crippen LogP contribution in [0.4, 0.5) is 0 Å². The van der Waals surface area contributed by atoms with E-state index in [1.165, 1.54) is 0 Å². The Hall–Kier alpha value is -0.570.